The Balaban J connectivity index is 1.94. The summed E-state index contributed by atoms with van der Waals surface area (Å²) in [7, 11) is 0. The molecule has 108 valence electrons. The fourth-order valence-corrected chi connectivity index (χ4v) is 1.82. The van der Waals surface area contributed by atoms with Gasteiger partial charge in [-0.1, -0.05) is 44.2 Å². The summed E-state index contributed by atoms with van der Waals surface area (Å²) in [5, 5.41) is 2.87. The van der Waals surface area contributed by atoms with Crippen LogP contribution in [-0.4, -0.2) is 10.9 Å². The monoisotopic (exact) mass is 280 g/mol. The molecule has 1 amide bonds. The van der Waals surface area contributed by atoms with Crippen LogP contribution in [0.2, 0.25) is 0 Å². The molecule has 21 heavy (non-hydrogen) atoms. The molecule has 0 fully saturated rings. The predicted molar refractivity (Wildman–Crippen MR) is 85.7 cm³/mol. The second kappa shape index (κ2) is 7.39. The van der Waals surface area contributed by atoms with Crippen LogP contribution in [0.25, 0.3) is 6.08 Å². The lowest BCUT2D eigenvalue weighted by Gasteiger charge is -2.05. The van der Waals surface area contributed by atoms with Gasteiger partial charge in [0.1, 0.15) is 0 Å². The molecule has 3 heteroatoms. The fourth-order valence-electron chi connectivity index (χ4n) is 1.82. The maximum atomic E-state index is 12.0. The molecule has 0 aliphatic heterocycles. The van der Waals surface area contributed by atoms with E-state index in [4.69, 9.17) is 0 Å². The van der Waals surface area contributed by atoms with Crippen molar-refractivity contribution in [3.05, 3.63) is 71.6 Å². The lowest BCUT2D eigenvalue weighted by molar-refractivity contribution is 0.0950. The quantitative estimate of drug-likeness (QED) is 0.907. The number of pyridine rings is 1. The Labute approximate surface area is 125 Å². The van der Waals surface area contributed by atoms with Gasteiger partial charge in [-0.05, 0) is 35.7 Å². The highest BCUT2D eigenvalue weighted by atomic mass is 16.1. The van der Waals surface area contributed by atoms with Crippen LogP contribution in [0.3, 0.4) is 0 Å². The number of nitrogens with one attached hydrogen (secondary N) is 1. The van der Waals surface area contributed by atoms with Gasteiger partial charge in [-0.3, -0.25) is 9.78 Å². The van der Waals surface area contributed by atoms with E-state index in [9.17, 15) is 4.79 Å². The fraction of sp³-hybridized carbons (Fsp3) is 0.222. The zero-order valence-corrected chi connectivity index (χ0v) is 12.4. The minimum absolute atomic E-state index is 0.0833. The highest BCUT2D eigenvalue weighted by Crippen LogP contribution is 2.08. The van der Waals surface area contributed by atoms with Gasteiger partial charge in [0, 0.05) is 11.8 Å². The molecule has 0 bridgehead atoms. The molecule has 3 nitrogen and oxygen atoms in total. The van der Waals surface area contributed by atoms with Gasteiger partial charge in [0.15, 0.2) is 0 Å². The molecule has 0 radical (unpaired) electrons. The van der Waals surface area contributed by atoms with Crippen molar-refractivity contribution in [2.24, 2.45) is 5.92 Å². The van der Waals surface area contributed by atoms with E-state index in [2.05, 4.69) is 36.3 Å². The number of aromatic nitrogens is 1. The van der Waals surface area contributed by atoms with Crippen molar-refractivity contribution >= 4 is 12.0 Å². The van der Waals surface area contributed by atoms with Crippen molar-refractivity contribution in [1.29, 1.82) is 0 Å². The van der Waals surface area contributed by atoms with Crippen LogP contribution in [0.4, 0.5) is 0 Å². The Bertz CT molecular complexity index is 601. The Morgan fingerprint density at radius 3 is 2.57 bits per heavy atom. The van der Waals surface area contributed by atoms with Crippen molar-refractivity contribution in [3.63, 3.8) is 0 Å². The minimum Gasteiger partial charge on any atom is -0.346 e. The molecule has 1 aromatic heterocycles. The largest absolute Gasteiger partial charge is 0.346 e. The van der Waals surface area contributed by atoms with E-state index in [-0.39, 0.29) is 5.91 Å². The van der Waals surface area contributed by atoms with E-state index in [1.807, 2.05) is 42.5 Å². The lowest BCUT2D eigenvalue weighted by atomic mass is 10.1. The number of hydrogen-bond donors (Lipinski definition) is 1. The van der Waals surface area contributed by atoms with E-state index in [1.165, 1.54) is 0 Å². The number of benzene rings is 1. The highest BCUT2D eigenvalue weighted by molar-refractivity contribution is 5.94. The summed E-state index contributed by atoms with van der Waals surface area (Å²) in [5.74, 6) is 0.436. The number of carbonyl (C=O) groups is 1. The normalized spacial score (nSPS) is 11.0. The van der Waals surface area contributed by atoms with Gasteiger partial charge < -0.3 is 5.32 Å². The van der Waals surface area contributed by atoms with Crippen molar-refractivity contribution in [2.75, 3.05) is 0 Å². The second-order valence-electron chi connectivity index (χ2n) is 5.23. The number of hydrogen-bond acceptors (Lipinski definition) is 2. The van der Waals surface area contributed by atoms with Crippen LogP contribution < -0.4 is 5.32 Å². The third-order valence-corrected chi connectivity index (χ3v) is 3.00. The van der Waals surface area contributed by atoms with E-state index in [0.717, 1.165) is 11.3 Å². The number of amides is 1. The summed E-state index contributed by atoms with van der Waals surface area (Å²) in [4.78, 5) is 16.2. The molecule has 0 saturated carbocycles. The summed E-state index contributed by atoms with van der Waals surface area (Å²) in [6.45, 7) is 4.71. The maximum absolute atomic E-state index is 12.0. The van der Waals surface area contributed by atoms with Crippen LogP contribution in [0, 0.1) is 5.92 Å². The van der Waals surface area contributed by atoms with Gasteiger partial charge in [-0.15, -0.1) is 0 Å². The van der Waals surface area contributed by atoms with E-state index in [1.54, 1.807) is 6.20 Å². The first kappa shape index (κ1) is 15.0. The molecule has 0 aliphatic rings. The van der Waals surface area contributed by atoms with Crippen LogP contribution >= 0.6 is 0 Å². The molecule has 0 aliphatic carbocycles. The number of allylic oxidation sites excluding steroid dienone is 1. The van der Waals surface area contributed by atoms with E-state index in [0.29, 0.717) is 18.0 Å². The van der Waals surface area contributed by atoms with Crippen LogP contribution in [-0.2, 0) is 6.54 Å². The third kappa shape index (κ3) is 4.88. The summed E-state index contributed by atoms with van der Waals surface area (Å²) >= 11 is 0. The van der Waals surface area contributed by atoms with Crippen LogP contribution in [0.1, 0.15) is 35.5 Å². The Hall–Kier alpha value is -2.42. The van der Waals surface area contributed by atoms with E-state index >= 15 is 0 Å². The number of carbonyl (C=O) groups excluding carboxylic acids is 1. The molecule has 2 rings (SSSR count). The zero-order chi connectivity index (χ0) is 15.1. The standard InChI is InChI=1S/C18H20N2O/c1-14(2)6-7-15-8-10-16(11-9-15)18(21)20-13-17-5-3-4-12-19-17/h3-12,14H,13H2,1-2H3,(H,20,21). The lowest BCUT2D eigenvalue weighted by Crippen LogP contribution is -2.23. The van der Waals surface area contributed by atoms with Crippen molar-refractivity contribution in [1.82, 2.24) is 10.3 Å². The zero-order valence-electron chi connectivity index (χ0n) is 12.4. The Morgan fingerprint density at radius 2 is 1.95 bits per heavy atom. The maximum Gasteiger partial charge on any atom is 0.251 e. The minimum atomic E-state index is -0.0833. The summed E-state index contributed by atoms with van der Waals surface area (Å²) in [5.41, 5.74) is 2.61. The topological polar surface area (TPSA) is 42.0 Å². The summed E-state index contributed by atoms with van der Waals surface area (Å²) < 4.78 is 0. The third-order valence-electron chi connectivity index (χ3n) is 3.00. The first-order valence-corrected chi connectivity index (χ1v) is 7.11. The van der Waals surface area contributed by atoms with Gasteiger partial charge in [0.25, 0.3) is 5.91 Å². The number of nitrogens with zero attached hydrogens (tertiary/aromatic N) is 1. The first-order valence-electron chi connectivity index (χ1n) is 7.11. The molecule has 0 spiro atoms. The van der Waals surface area contributed by atoms with Gasteiger partial charge in [0.05, 0.1) is 12.2 Å². The van der Waals surface area contributed by atoms with Gasteiger partial charge >= 0.3 is 0 Å². The molecule has 1 aromatic carbocycles. The van der Waals surface area contributed by atoms with Crippen molar-refractivity contribution in [2.45, 2.75) is 20.4 Å². The van der Waals surface area contributed by atoms with E-state index < -0.39 is 0 Å². The molecule has 0 unspecified atom stereocenters. The highest BCUT2D eigenvalue weighted by Gasteiger charge is 2.04. The average molecular weight is 280 g/mol. The predicted octanol–water partition coefficient (Wildman–Crippen LogP) is 3.68. The van der Waals surface area contributed by atoms with Gasteiger partial charge in [-0.2, -0.15) is 0 Å². The smallest absolute Gasteiger partial charge is 0.251 e. The van der Waals surface area contributed by atoms with Crippen molar-refractivity contribution < 1.29 is 4.79 Å². The molecule has 1 heterocycles. The number of rotatable bonds is 5. The Morgan fingerprint density at radius 1 is 1.19 bits per heavy atom. The molecular weight excluding hydrogens is 260 g/mol. The SMILES string of the molecule is CC(C)C=Cc1ccc(C(=O)NCc2ccccn2)cc1. The van der Waals surface area contributed by atoms with Crippen LogP contribution in [0.15, 0.2) is 54.7 Å². The molecular formula is C18H20N2O. The van der Waals surface area contributed by atoms with Crippen molar-refractivity contribution in [3.8, 4) is 0 Å². The Kier molecular flexibility index (Phi) is 5.27. The van der Waals surface area contributed by atoms with Gasteiger partial charge in [0.2, 0.25) is 0 Å². The van der Waals surface area contributed by atoms with Crippen LogP contribution in [0.5, 0.6) is 0 Å². The molecule has 0 saturated heterocycles. The summed E-state index contributed by atoms with van der Waals surface area (Å²) in [6.07, 6.45) is 5.92. The first-order chi connectivity index (χ1) is 10.1. The average Bonchev–Trinajstić information content (AvgIpc) is 2.52. The molecule has 0 atom stereocenters. The van der Waals surface area contributed by atoms with Gasteiger partial charge in [-0.25, -0.2) is 0 Å². The summed E-state index contributed by atoms with van der Waals surface area (Å²) in [6, 6.07) is 13.2. The molecule has 2 aromatic rings. The molecule has 1 N–H and O–H groups in total. The second-order valence-corrected chi connectivity index (χ2v) is 5.23.